The summed E-state index contributed by atoms with van der Waals surface area (Å²) >= 11 is 0. The predicted octanol–water partition coefficient (Wildman–Crippen LogP) is 7.93. The second-order valence-electron chi connectivity index (χ2n) is 18.1. The molecule has 7 aromatic rings. The summed E-state index contributed by atoms with van der Waals surface area (Å²) in [5, 5.41) is 7.37. The van der Waals surface area contributed by atoms with E-state index in [0.29, 0.717) is 68.5 Å². The molecular weight excluding hydrogens is 893 g/mol. The van der Waals surface area contributed by atoms with Crippen molar-refractivity contribution in [3.05, 3.63) is 138 Å². The van der Waals surface area contributed by atoms with Gasteiger partial charge in [0, 0.05) is 50.1 Å². The number of rotatable bonds is 13. The van der Waals surface area contributed by atoms with Crippen LogP contribution in [0.3, 0.4) is 0 Å². The number of amides is 4. The number of H-pyrrole nitrogens is 2. The molecule has 0 saturated carbocycles. The zero-order valence-corrected chi connectivity index (χ0v) is 39.3. The normalized spacial score (nSPS) is 19.3. The molecule has 2 fully saturated rings. The van der Waals surface area contributed by atoms with E-state index < -0.39 is 30.3 Å². The zero-order valence-electron chi connectivity index (χ0n) is 39.3. The van der Waals surface area contributed by atoms with E-state index in [0.717, 1.165) is 55.5 Å². The van der Waals surface area contributed by atoms with E-state index in [1.54, 1.807) is 30.2 Å². The van der Waals surface area contributed by atoms with E-state index in [9.17, 15) is 19.2 Å². The lowest BCUT2D eigenvalue weighted by atomic mass is 9.92. The third-order valence-electron chi connectivity index (χ3n) is 13.7. The van der Waals surface area contributed by atoms with Gasteiger partial charge in [-0.2, -0.15) is 0 Å². The number of benzene rings is 5. The average molecular weight is 947 g/mol. The second kappa shape index (κ2) is 19.7. The van der Waals surface area contributed by atoms with E-state index in [4.69, 9.17) is 33.7 Å². The molecule has 4 N–H and O–H groups in total. The quantitative estimate of drug-likeness (QED) is 0.0875. The first-order valence-electron chi connectivity index (χ1n) is 23.3. The van der Waals surface area contributed by atoms with Crippen LogP contribution in [0, 0.1) is 11.8 Å². The number of alkyl carbamates (subject to hydrolysis) is 2. The van der Waals surface area contributed by atoms with E-state index in [1.165, 1.54) is 14.2 Å². The van der Waals surface area contributed by atoms with Gasteiger partial charge in [-0.15, -0.1) is 0 Å². The van der Waals surface area contributed by atoms with Gasteiger partial charge >= 0.3 is 12.2 Å². The molecule has 360 valence electrons. The fraction of sp³-hybridized carbons (Fsp3) is 0.321. The Hall–Kier alpha value is -7.76. The highest BCUT2D eigenvalue weighted by atomic mass is 16.5. The Labute approximate surface area is 403 Å². The van der Waals surface area contributed by atoms with Crippen LogP contribution in [0.5, 0.6) is 5.75 Å². The smallest absolute Gasteiger partial charge is 0.407 e. The minimum atomic E-state index is -0.963. The fourth-order valence-electron chi connectivity index (χ4n) is 10.4. The van der Waals surface area contributed by atoms with Crippen LogP contribution in [0.15, 0.2) is 109 Å². The second-order valence-corrected chi connectivity index (χ2v) is 18.1. The Morgan fingerprint density at radius 2 is 1.30 bits per heavy atom. The molecule has 17 heteroatoms. The van der Waals surface area contributed by atoms with Crippen molar-refractivity contribution in [1.29, 1.82) is 0 Å². The maximum absolute atomic E-state index is 14.5. The molecule has 1 unspecified atom stereocenters. The first kappa shape index (κ1) is 46.0. The molecule has 3 aliphatic heterocycles. The van der Waals surface area contributed by atoms with E-state index >= 15 is 0 Å². The van der Waals surface area contributed by atoms with Crippen LogP contribution in [-0.2, 0) is 35.1 Å². The van der Waals surface area contributed by atoms with Crippen molar-refractivity contribution in [2.75, 3.05) is 54.7 Å². The van der Waals surface area contributed by atoms with Gasteiger partial charge in [0.15, 0.2) is 0 Å². The highest BCUT2D eigenvalue weighted by Crippen LogP contribution is 2.44. The topological polar surface area (TPSA) is 202 Å². The molecule has 5 aromatic carbocycles. The molecule has 70 heavy (non-hydrogen) atoms. The third-order valence-corrected chi connectivity index (χ3v) is 13.7. The number of likely N-dealkylation sites (tertiary alicyclic amines) is 2. The van der Waals surface area contributed by atoms with Gasteiger partial charge < -0.3 is 54.1 Å². The van der Waals surface area contributed by atoms with Gasteiger partial charge in [0.25, 0.3) is 11.8 Å². The van der Waals surface area contributed by atoms with Gasteiger partial charge in [0.2, 0.25) is 0 Å². The molecule has 10 rings (SSSR count). The van der Waals surface area contributed by atoms with Crippen molar-refractivity contribution < 1.29 is 42.9 Å². The lowest BCUT2D eigenvalue weighted by molar-refractivity contribution is -0.135. The van der Waals surface area contributed by atoms with Gasteiger partial charge in [-0.05, 0) is 70.3 Å². The minimum absolute atomic E-state index is 0.0495. The molecule has 2 aromatic heterocycles. The predicted molar refractivity (Wildman–Crippen MR) is 259 cm³/mol. The summed E-state index contributed by atoms with van der Waals surface area (Å²) in [5.74, 6) is 1.59. The number of imidazole rings is 2. The van der Waals surface area contributed by atoms with Crippen LogP contribution in [0.4, 0.5) is 9.59 Å². The lowest BCUT2D eigenvalue weighted by Gasteiger charge is -2.28. The fourth-order valence-corrected chi connectivity index (χ4v) is 10.4. The maximum atomic E-state index is 14.5. The Bertz CT molecular complexity index is 3070. The van der Waals surface area contributed by atoms with Gasteiger partial charge in [0.1, 0.15) is 36.1 Å². The molecular formula is C53H54N8O9. The van der Waals surface area contributed by atoms with Gasteiger partial charge in [-0.3, -0.25) is 9.59 Å². The zero-order chi connectivity index (χ0) is 48.5. The average Bonchev–Trinajstić information content (AvgIpc) is 4.23. The number of fused-ring (bicyclic) bond motifs is 6. The molecule has 3 aliphatic rings. The van der Waals surface area contributed by atoms with Crippen molar-refractivity contribution in [3.8, 4) is 28.1 Å². The number of carbonyl (C=O) groups excluding carboxylic acids is 4. The van der Waals surface area contributed by atoms with Crippen LogP contribution < -0.4 is 15.4 Å². The van der Waals surface area contributed by atoms with E-state index in [1.807, 2.05) is 72.8 Å². The van der Waals surface area contributed by atoms with Crippen molar-refractivity contribution in [2.24, 2.45) is 11.8 Å². The van der Waals surface area contributed by atoms with Gasteiger partial charge in [0.05, 0.1) is 62.4 Å². The molecule has 0 radical (unpaired) electrons. The minimum Gasteiger partial charge on any atom is -0.488 e. The van der Waals surface area contributed by atoms with Crippen molar-refractivity contribution in [2.45, 2.75) is 43.6 Å². The molecule has 6 atom stereocenters. The van der Waals surface area contributed by atoms with Crippen LogP contribution in [-0.4, -0.2) is 108 Å². The molecule has 4 amide bonds. The number of aromatic nitrogens is 4. The van der Waals surface area contributed by atoms with Crippen molar-refractivity contribution in [3.63, 3.8) is 0 Å². The van der Waals surface area contributed by atoms with Crippen LogP contribution in [0.1, 0.15) is 65.3 Å². The maximum Gasteiger partial charge on any atom is 0.407 e. The molecule has 5 heterocycles. The van der Waals surface area contributed by atoms with Gasteiger partial charge in [-0.25, -0.2) is 19.6 Å². The summed E-state index contributed by atoms with van der Waals surface area (Å²) in [7, 11) is 5.85. The number of aromatic amines is 2. The van der Waals surface area contributed by atoms with Crippen molar-refractivity contribution >= 4 is 45.8 Å². The standard InChI is InChI=1S/C53H54N8O9/c1-66-27-30-19-42(60(25-30)50(62)45(58-52(64)68-3)32-11-7-5-8-12-32)48-54-24-41(56-48)35-15-17-37-36(21-35)29-70-44-23-38-34(22-39(37)44)16-18-40-47(38)57-49(55-40)43-20-31(28-67-2)26-61(43)51(63)46(59-53(65)69-4)33-13-9-6-10-14-33/h5-18,21-24,30-31,42-43,45-46H,19-20,25-29H2,1-4H3,(H,54,56)(H,55,57)(H,58,64)(H,59,65)/t30-,31-,42?,43-,45+,46+/m0/s1. The van der Waals surface area contributed by atoms with Gasteiger partial charge in [-0.1, -0.05) is 78.9 Å². The highest BCUT2D eigenvalue weighted by Gasteiger charge is 2.43. The summed E-state index contributed by atoms with van der Waals surface area (Å²) in [6.07, 6.45) is 1.63. The lowest BCUT2D eigenvalue weighted by Crippen LogP contribution is -2.43. The summed E-state index contributed by atoms with van der Waals surface area (Å²) in [6.45, 7) is 2.12. The summed E-state index contributed by atoms with van der Waals surface area (Å²) < 4.78 is 27.4. The first-order valence-corrected chi connectivity index (χ1v) is 23.3. The van der Waals surface area contributed by atoms with Crippen LogP contribution in [0.25, 0.3) is 44.2 Å². The van der Waals surface area contributed by atoms with E-state index in [-0.39, 0.29) is 29.7 Å². The first-order chi connectivity index (χ1) is 34.1. The number of nitrogens with one attached hydrogen (secondary N) is 4. The summed E-state index contributed by atoms with van der Waals surface area (Å²) in [6, 6.07) is 30.1. The largest absolute Gasteiger partial charge is 0.488 e. The number of nitrogens with zero attached hydrogens (tertiary/aromatic N) is 4. The Morgan fingerprint density at radius 3 is 1.89 bits per heavy atom. The highest BCUT2D eigenvalue weighted by molar-refractivity contribution is 6.07. The Kier molecular flexibility index (Phi) is 12.9. The number of hydrogen-bond donors (Lipinski definition) is 4. The monoisotopic (exact) mass is 946 g/mol. The van der Waals surface area contributed by atoms with Crippen LogP contribution in [0.2, 0.25) is 0 Å². The number of hydrogen-bond acceptors (Lipinski definition) is 11. The molecule has 0 bridgehead atoms. The third kappa shape index (κ3) is 8.89. The number of carbonyl (C=O) groups is 4. The number of methoxy groups -OCH3 is 4. The Balaban J connectivity index is 0.918. The molecule has 0 spiro atoms. The van der Waals surface area contributed by atoms with E-state index in [2.05, 4.69) is 50.9 Å². The summed E-state index contributed by atoms with van der Waals surface area (Å²) in [5.41, 5.74) is 7.59. The Morgan fingerprint density at radius 1 is 0.700 bits per heavy atom. The number of ether oxygens (including phenoxy) is 5. The summed E-state index contributed by atoms with van der Waals surface area (Å²) in [4.78, 5) is 74.4. The SMILES string of the molecule is COC[C@H]1CC(c2ncc(-c3ccc4c(c3)COc3cc5c(ccc6[nH]c([C@@H]7C[C@H](COC)CN7C(=O)[C@H](NC(=O)OC)c7ccccc7)nc65)cc3-4)[nH]2)N(C(=O)[C@H](NC(=O)OC)c2ccccc2)C1. The van der Waals surface area contributed by atoms with Crippen molar-refractivity contribution in [1.82, 2.24) is 40.4 Å². The van der Waals surface area contributed by atoms with Crippen LogP contribution >= 0.6 is 0 Å². The molecule has 0 aliphatic carbocycles. The molecule has 17 nitrogen and oxygen atoms in total. The molecule has 2 saturated heterocycles.